The van der Waals surface area contributed by atoms with Gasteiger partial charge in [-0.25, -0.2) is 0 Å². The van der Waals surface area contributed by atoms with E-state index in [2.05, 4.69) is 36.3 Å². The molecule has 1 aromatic heterocycles. The Morgan fingerprint density at radius 3 is 2.80 bits per heavy atom. The van der Waals surface area contributed by atoms with Gasteiger partial charge < -0.3 is 4.74 Å². The highest BCUT2D eigenvalue weighted by Crippen LogP contribution is 2.07. The Bertz CT molecular complexity index is 518. The first-order valence-electron chi connectivity index (χ1n) is 6.92. The topological polar surface area (TPSA) is 44.1 Å². The number of benzene rings is 1. The summed E-state index contributed by atoms with van der Waals surface area (Å²) in [4.78, 5) is 11.6. The first-order chi connectivity index (χ1) is 9.74. The van der Waals surface area contributed by atoms with Crippen molar-refractivity contribution in [1.82, 2.24) is 9.78 Å². The fourth-order valence-corrected chi connectivity index (χ4v) is 1.95. The summed E-state index contributed by atoms with van der Waals surface area (Å²) in [6.07, 6.45) is 5.76. The van der Waals surface area contributed by atoms with Gasteiger partial charge in [0.1, 0.15) is 6.61 Å². The van der Waals surface area contributed by atoms with Crippen molar-refractivity contribution in [2.24, 2.45) is 0 Å². The number of hydrogen-bond donors (Lipinski definition) is 0. The zero-order valence-electron chi connectivity index (χ0n) is 11.8. The lowest BCUT2D eigenvalue weighted by Crippen LogP contribution is -2.11. The Morgan fingerprint density at radius 2 is 2.10 bits per heavy atom. The molecular formula is C16H20N2O2. The summed E-state index contributed by atoms with van der Waals surface area (Å²) < 4.78 is 6.92. The SMILES string of the molecule is Cc1ccc(CCCC(=O)OCCn2cccn2)cc1. The van der Waals surface area contributed by atoms with Crippen molar-refractivity contribution < 1.29 is 9.53 Å². The summed E-state index contributed by atoms with van der Waals surface area (Å²) >= 11 is 0. The molecule has 1 heterocycles. The molecule has 2 aromatic rings. The Labute approximate surface area is 119 Å². The molecule has 4 heteroatoms. The lowest BCUT2D eigenvalue weighted by atomic mass is 10.1. The minimum atomic E-state index is -0.135. The van der Waals surface area contributed by atoms with Crippen LogP contribution in [-0.4, -0.2) is 22.4 Å². The van der Waals surface area contributed by atoms with Gasteiger partial charge in [0.2, 0.25) is 0 Å². The average molecular weight is 272 g/mol. The van der Waals surface area contributed by atoms with Crippen molar-refractivity contribution in [3.63, 3.8) is 0 Å². The summed E-state index contributed by atoms with van der Waals surface area (Å²) in [6, 6.07) is 10.3. The maximum absolute atomic E-state index is 11.6. The van der Waals surface area contributed by atoms with Gasteiger partial charge in [0, 0.05) is 18.8 Å². The summed E-state index contributed by atoms with van der Waals surface area (Å²) in [5, 5.41) is 4.05. The number of carbonyl (C=O) groups excluding carboxylic acids is 1. The highest BCUT2D eigenvalue weighted by Gasteiger charge is 2.03. The third-order valence-corrected chi connectivity index (χ3v) is 3.11. The monoisotopic (exact) mass is 272 g/mol. The minimum Gasteiger partial charge on any atom is -0.464 e. The maximum Gasteiger partial charge on any atom is 0.305 e. The number of aryl methyl sites for hydroxylation is 2. The van der Waals surface area contributed by atoms with Crippen LogP contribution in [0.1, 0.15) is 24.0 Å². The number of esters is 1. The van der Waals surface area contributed by atoms with Crippen LogP contribution in [0.2, 0.25) is 0 Å². The van der Waals surface area contributed by atoms with Gasteiger partial charge in [0.25, 0.3) is 0 Å². The average Bonchev–Trinajstić information content (AvgIpc) is 2.94. The molecule has 0 bridgehead atoms. The lowest BCUT2D eigenvalue weighted by Gasteiger charge is -2.05. The predicted molar refractivity (Wildman–Crippen MR) is 77.3 cm³/mol. The molecule has 0 fully saturated rings. The zero-order valence-corrected chi connectivity index (χ0v) is 11.8. The van der Waals surface area contributed by atoms with Crippen molar-refractivity contribution in [2.75, 3.05) is 6.61 Å². The molecule has 106 valence electrons. The summed E-state index contributed by atoms with van der Waals surface area (Å²) in [5.74, 6) is -0.135. The van der Waals surface area contributed by atoms with Crippen molar-refractivity contribution in [3.05, 3.63) is 53.9 Å². The van der Waals surface area contributed by atoms with E-state index in [0.29, 0.717) is 19.6 Å². The van der Waals surface area contributed by atoms with E-state index in [9.17, 15) is 4.79 Å². The van der Waals surface area contributed by atoms with Crippen LogP contribution in [0.5, 0.6) is 0 Å². The van der Waals surface area contributed by atoms with Crippen LogP contribution < -0.4 is 0 Å². The largest absolute Gasteiger partial charge is 0.464 e. The van der Waals surface area contributed by atoms with Gasteiger partial charge in [0.15, 0.2) is 0 Å². The van der Waals surface area contributed by atoms with E-state index in [1.165, 1.54) is 11.1 Å². The van der Waals surface area contributed by atoms with E-state index in [1.807, 2.05) is 12.3 Å². The minimum absolute atomic E-state index is 0.135. The molecule has 0 spiro atoms. The summed E-state index contributed by atoms with van der Waals surface area (Å²) in [5.41, 5.74) is 2.52. The van der Waals surface area contributed by atoms with Gasteiger partial charge in [-0.15, -0.1) is 0 Å². The van der Waals surface area contributed by atoms with Crippen LogP contribution in [-0.2, 0) is 22.5 Å². The number of hydrogen-bond acceptors (Lipinski definition) is 3. The van der Waals surface area contributed by atoms with E-state index in [0.717, 1.165) is 12.8 Å². The number of ether oxygens (including phenoxy) is 1. The smallest absolute Gasteiger partial charge is 0.305 e. The molecule has 0 N–H and O–H groups in total. The molecule has 4 nitrogen and oxygen atoms in total. The first kappa shape index (κ1) is 14.3. The van der Waals surface area contributed by atoms with Crippen LogP contribution in [0.25, 0.3) is 0 Å². The van der Waals surface area contributed by atoms with Crippen molar-refractivity contribution >= 4 is 5.97 Å². The predicted octanol–water partition coefficient (Wildman–Crippen LogP) is 2.76. The maximum atomic E-state index is 11.6. The molecule has 0 unspecified atom stereocenters. The molecule has 0 saturated carbocycles. The van der Waals surface area contributed by atoms with Crippen molar-refractivity contribution in [1.29, 1.82) is 0 Å². The van der Waals surface area contributed by atoms with Crippen LogP contribution in [0, 0.1) is 6.92 Å². The van der Waals surface area contributed by atoms with Crippen LogP contribution in [0.3, 0.4) is 0 Å². The lowest BCUT2D eigenvalue weighted by molar-refractivity contribution is -0.144. The summed E-state index contributed by atoms with van der Waals surface area (Å²) in [7, 11) is 0. The molecule has 2 rings (SSSR count). The second-order valence-corrected chi connectivity index (χ2v) is 4.83. The Kier molecular flexibility index (Phi) is 5.35. The third-order valence-electron chi connectivity index (χ3n) is 3.11. The molecule has 0 aliphatic rings. The zero-order chi connectivity index (χ0) is 14.2. The normalized spacial score (nSPS) is 10.4. The molecule has 0 aliphatic carbocycles. The van der Waals surface area contributed by atoms with Gasteiger partial charge in [-0.2, -0.15) is 5.10 Å². The second kappa shape index (κ2) is 7.48. The van der Waals surface area contributed by atoms with Crippen LogP contribution >= 0.6 is 0 Å². The van der Waals surface area contributed by atoms with Crippen LogP contribution in [0.4, 0.5) is 0 Å². The van der Waals surface area contributed by atoms with Gasteiger partial charge >= 0.3 is 5.97 Å². The van der Waals surface area contributed by atoms with E-state index in [-0.39, 0.29) is 5.97 Å². The third kappa shape index (κ3) is 4.88. The molecule has 0 aliphatic heterocycles. The molecule has 0 atom stereocenters. The molecule has 0 amide bonds. The highest BCUT2D eigenvalue weighted by atomic mass is 16.5. The molecule has 0 saturated heterocycles. The van der Waals surface area contributed by atoms with E-state index >= 15 is 0 Å². The number of carbonyl (C=O) groups is 1. The fraction of sp³-hybridized carbons (Fsp3) is 0.375. The summed E-state index contributed by atoms with van der Waals surface area (Å²) in [6.45, 7) is 3.06. The van der Waals surface area contributed by atoms with Gasteiger partial charge in [0.05, 0.1) is 6.54 Å². The number of nitrogens with zero attached hydrogens (tertiary/aromatic N) is 2. The van der Waals surface area contributed by atoms with Crippen molar-refractivity contribution in [3.8, 4) is 0 Å². The van der Waals surface area contributed by atoms with Gasteiger partial charge in [-0.1, -0.05) is 29.8 Å². The Balaban J connectivity index is 1.59. The first-order valence-corrected chi connectivity index (χ1v) is 6.92. The Hall–Kier alpha value is -2.10. The van der Waals surface area contributed by atoms with Gasteiger partial charge in [-0.05, 0) is 31.4 Å². The van der Waals surface area contributed by atoms with Crippen LogP contribution in [0.15, 0.2) is 42.7 Å². The standard InChI is InChI=1S/C16H20N2O2/c1-14-6-8-15(9-7-14)4-2-5-16(19)20-13-12-18-11-3-10-17-18/h3,6-11H,2,4-5,12-13H2,1H3. The molecular weight excluding hydrogens is 252 g/mol. The van der Waals surface area contributed by atoms with Crippen molar-refractivity contribution in [2.45, 2.75) is 32.7 Å². The second-order valence-electron chi connectivity index (χ2n) is 4.83. The quantitative estimate of drug-likeness (QED) is 0.728. The number of aromatic nitrogens is 2. The highest BCUT2D eigenvalue weighted by molar-refractivity contribution is 5.69. The van der Waals surface area contributed by atoms with E-state index < -0.39 is 0 Å². The van der Waals surface area contributed by atoms with E-state index in [1.54, 1.807) is 10.9 Å². The fourth-order valence-electron chi connectivity index (χ4n) is 1.95. The van der Waals surface area contributed by atoms with E-state index in [4.69, 9.17) is 4.74 Å². The number of rotatable bonds is 7. The molecule has 1 aromatic carbocycles. The van der Waals surface area contributed by atoms with Gasteiger partial charge in [-0.3, -0.25) is 9.48 Å². The molecule has 20 heavy (non-hydrogen) atoms. The Morgan fingerprint density at radius 1 is 1.30 bits per heavy atom. The molecule has 0 radical (unpaired) electrons.